The van der Waals surface area contributed by atoms with Crippen molar-refractivity contribution < 1.29 is 14.3 Å². The maximum atomic E-state index is 13.5. The second-order valence-corrected chi connectivity index (χ2v) is 9.24. The Kier molecular flexibility index (Phi) is 7.28. The van der Waals surface area contributed by atoms with E-state index in [4.69, 9.17) is 4.74 Å². The lowest BCUT2D eigenvalue weighted by Crippen LogP contribution is -2.32. The van der Waals surface area contributed by atoms with E-state index in [1.54, 1.807) is 36.4 Å². The van der Waals surface area contributed by atoms with E-state index >= 15 is 0 Å². The van der Waals surface area contributed by atoms with Gasteiger partial charge in [0.1, 0.15) is 12.3 Å². The molecule has 2 heterocycles. The number of fused-ring (bicyclic) bond motifs is 3. The zero-order chi connectivity index (χ0) is 26.9. The number of benzene rings is 2. The molecule has 0 spiro atoms. The summed E-state index contributed by atoms with van der Waals surface area (Å²) >= 11 is 0. The highest BCUT2D eigenvalue weighted by Gasteiger charge is 2.22. The number of hydrogen-bond acceptors (Lipinski definition) is 6. The summed E-state index contributed by atoms with van der Waals surface area (Å²) in [6.07, 6.45) is 0.761. The predicted octanol–water partition coefficient (Wildman–Crippen LogP) is 3.20. The van der Waals surface area contributed by atoms with Crippen LogP contribution in [0.15, 0.2) is 52.1 Å². The second-order valence-electron chi connectivity index (χ2n) is 9.24. The fourth-order valence-corrected chi connectivity index (χ4v) is 4.13. The molecule has 10 heteroatoms. The van der Waals surface area contributed by atoms with Crippen LogP contribution in [0, 0.1) is 0 Å². The molecule has 0 aliphatic heterocycles. The SMILES string of the molecule is CCOc1ccc(C(=O)Cn2nc3n(C(C)C)c(=O)c4ccc(C(=O)NC(C)CC)cc4n3c2=O)cc1. The predicted molar refractivity (Wildman–Crippen MR) is 141 cm³/mol. The van der Waals surface area contributed by atoms with Gasteiger partial charge >= 0.3 is 5.69 Å². The lowest BCUT2D eigenvalue weighted by Gasteiger charge is -2.14. The highest BCUT2D eigenvalue weighted by atomic mass is 16.5. The molecule has 4 aromatic rings. The fourth-order valence-electron chi connectivity index (χ4n) is 4.13. The summed E-state index contributed by atoms with van der Waals surface area (Å²) < 4.78 is 9.18. The molecule has 10 nitrogen and oxygen atoms in total. The molecule has 0 saturated carbocycles. The number of hydrogen-bond donors (Lipinski definition) is 1. The largest absolute Gasteiger partial charge is 0.494 e. The van der Waals surface area contributed by atoms with Crippen LogP contribution in [0.3, 0.4) is 0 Å². The number of rotatable bonds is 9. The van der Waals surface area contributed by atoms with Crippen molar-refractivity contribution in [3.05, 3.63) is 74.4 Å². The van der Waals surface area contributed by atoms with Crippen molar-refractivity contribution in [2.24, 2.45) is 0 Å². The van der Waals surface area contributed by atoms with Crippen LogP contribution in [0.2, 0.25) is 0 Å². The lowest BCUT2D eigenvalue weighted by atomic mass is 10.1. The smallest absolute Gasteiger partial charge is 0.352 e. The molecule has 1 atom stereocenters. The number of ketones is 1. The number of ether oxygens (including phenoxy) is 1. The lowest BCUT2D eigenvalue weighted by molar-refractivity contribution is 0.0937. The van der Waals surface area contributed by atoms with Crippen LogP contribution in [0.4, 0.5) is 0 Å². The third kappa shape index (κ3) is 4.91. The number of carbonyl (C=O) groups excluding carboxylic acids is 2. The first-order valence-electron chi connectivity index (χ1n) is 12.4. The van der Waals surface area contributed by atoms with Gasteiger partial charge in [-0.2, -0.15) is 0 Å². The minimum absolute atomic E-state index is 0.0313. The van der Waals surface area contributed by atoms with Gasteiger partial charge in [-0.15, -0.1) is 5.10 Å². The van der Waals surface area contributed by atoms with Crippen LogP contribution in [0.25, 0.3) is 16.7 Å². The normalized spacial score (nSPS) is 12.3. The molecule has 0 aliphatic rings. The topological polar surface area (TPSA) is 117 Å². The van der Waals surface area contributed by atoms with E-state index < -0.39 is 5.69 Å². The van der Waals surface area contributed by atoms with Crippen LogP contribution in [-0.4, -0.2) is 43.1 Å². The Morgan fingerprint density at radius 2 is 1.68 bits per heavy atom. The minimum atomic E-state index is -0.576. The van der Waals surface area contributed by atoms with Crippen molar-refractivity contribution in [2.75, 3.05) is 6.61 Å². The molecule has 0 saturated heterocycles. The Morgan fingerprint density at radius 3 is 2.30 bits per heavy atom. The minimum Gasteiger partial charge on any atom is -0.494 e. The molecule has 0 bridgehead atoms. The summed E-state index contributed by atoms with van der Waals surface area (Å²) in [5.74, 6) is 0.134. The second kappa shape index (κ2) is 10.4. The Hall–Kier alpha value is -4.21. The van der Waals surface area contributed by atoms with Gasteiger partial charge in [0.2, 0.25) is 5.78 Å². The van der Waals surface area contributed by atoms with E-state index in [1.165, 1.54) is 15.0 Å². The summed E-state index contributed by atoms with van der Waals surface area (Å²) in [5, 5.41) is 7.55. The molecular weight excluding hydrogens is 474 g/mol. The summed E-state index contributed by atoms with van der Waals surface area (Å²) in [6, 6.07) is 11.0. The zero-order valence-corrected chi connectivity index (χ0v) is 21.6. The number of nitrogens with zero attached hydrogens (tertiary/aromatic N) is 4. The fraction of sp³-hybridized carbons (Fsp3) is 0.370. The number of aromatic nitrogens is 4. The van der Waals surface area contributed by atoms with Gasteiger partial charge in [-0.05, 0) is 76.6 Å². The molecule has 37 heavy (non-hydrogen) atoms. The molecule has 2 aromatic carbocycles. The van der Waals surface area contributed by atoms with Gasteiger partial charge in [-0.1, -0.05) is 6.92 Å². The summed E-state index contributed by atoms with van der Waals surface area (Å²) in [5.41, 5.74) is 0.0800. The van der Waals surface area contributed by atoms with Gasteiger partial charge in [0.25, 0.3) is 11.5 Å². The summed E-state index contributed by atoms with van der Waals surface area (Å²) in [6.45, 7) is 9.56. The Labute approximate surface area is 213 Å². The third-order valence-electron chi connectivity index (χ3n) is 6.27. The van der Waals surface area contributed by atoms with Crippen molar-refractivity contribution in [1.29, 1.82) is 0 Å². The van der Waals surface area contributed by atoms with Gasteiger partial charge in [-0.25, -0.2) is 13.9 Å². The van der Waals surface area contributed by atoms with E-state index in [0.29, 0.717) is 23.5 Å². The third-order valence-corrected chi connectivity index (χ3v) is 6.27. The van der Waals surface area contributed by atoms with E-state index in [9.17, 15) is 19.2 Å². The number of nitrogens with one attached hydrogen (secondary N) is 1. The first kappa shape index (κ1) is 25.9. The van der Waals surface area contributed by atoms with E-state index in [1.807, 2.05) is 34.6 Å². The van der Waals surface area contributed by atoms with E-state index in [0.717, 1.165) is 11.1 Å². The maximum Gasteiger partial charge on any atom is 0.352 e. The van der Waals surface area contributed by atoms with Crippen molar-refractivity contribution in [2.45, 2.75) is 59.7 Å². The summed E-state index contributed by atoms with van der Waals surface area (Å²) in [7, 11) is 0. The van der Waals surface area contributed by atoms with Gasteiger partial charge in [0.15, 0.2) is 5.78 Å². The van der Waals surface area contributed by atoms with Crippen molar-refractivity contribution in [3.8, 4) is 5.75 Å². The highest BCUT2D eigenvalue weighted by Crippen LogP contribution is 2.17. The summed E-state index contributed by atoms with van der Waals surface area (Å²) in [4.78, 5) is 52.6. The number of carbonyl (C=O) groups is 2. The molecular formula is C27H31N5O5. The van der Waals surface area contributed by atoms with Gasteiger partial charge in [0, 0.05) is 23.2 Å². The van der Waals surface area contributed by atoms with Crippen LogP contribution < -0.4 is 21.3 Å². The van der Waals surface area contributed by atoms with Crippen molar-refractivity contribution in [1.82, 2.24) is 24.1 Å². The molecule has 4 rings (SSSR count). The van der Waals surface area contributed by atoms with Crippen molar-refractivity contribution >= 4 is 28.4 Å². The number of amides is 1. The highest BCUT2D eigenvalue weighted by molar-refractivity contribution is 5.98. The Balaban J connectivity index is 1.84. The molecule has 1 amide bonds. The first-order valence-corrected chi connectivity index (χ1v) is 12.4. The standard InChI is InChI=1S/C27H31N5O5/c1-6-17(5)28-24(34)19-10-13-21-22(14-19)32-26(31(16(3)4)25(21)35)29-30(27(32)36)15-23(33)18-8-11-20(12-9-18)37-7-2/h8-14,16-17H,6-7,15H2,1-5H3,(H,28,34). The Bertz CT molecular complexity index is 1590. The van der Waals surface area contributed by atoms with E-state index in [2.05, 4.69) is 10.4 Å². The molecule has 2 aromatic heterocycles. The van der Waals surface area contributed by atoms with Crippen LogP contribution in [0.5, 0.6) is 5.75 Å². The first-order chi connectivity index (χ1) is 17.7. The molecule has 0 fully saturated rings. The quantitative estimate of drug-likeness (QED) is 0.349. The van der Waals surface area contributed by atoms with Crippen molar-refractivity contribution in [3.63, 3.8) is 0 Å². The van der Waals surface area contributed by atoms with Gasteiger partial charge in [0.05, 0.1) is 17.5 Å². The molecule has 194 valence electrons. The maximum absolute atomic E-state index is 13.5. The van der Waals surface area contributed by atoms with Crippen LogP contribution in [-0.2, 0) is 6.54 Å². The average molecular weight is 506 g/mol. The zero-order valence-electron chi connectivity index (χ0n) is 21.6. The average Bonchev–Trinajstić information content (AvgIpc) is 3.19. The van der Waals surface area contributed by atoms with Gasteiger partial charge in [-0.3, -0.25) is 19.0 Å². The van der Waals surface area contributed by atoms with Crippen LogP contribution >= 0.6 is 0 Å². The monoisotopic (exact) mass is 505 g/mol. The molecule has 1 N–H and O–H groups in total. The Morgan fingerprint density at radius 1 is 1.00 bits per heavy atom. The number of Topliss-reactive ketones (excluding diaryl/α,β-unsaturated/α-hetero) is 1. The molecule has 0 radical (unpaired) electrons. The molecule has 0 aliphatic carbocycles. The van der Waals surface area contributed by atoms with E-state index in [-0.39, 0.29) is 52.6 Å². The van der Waals surface area contributed by atoms with Crippen LogP contribution in [0.1, 0.15) is 67.8 Å². The van der Waals surface area contributed by atoms with Gasteiger partial charge < -0.3 is 10.1 Å². The molecule has 1 unspecified atom stereocenters.